The lowest BCUT2D eigenvalue weighted by molar-refractivity contribution is 0.835. The van der Waals surface area contributed by atoms with E-state index >= 15 is 0 Å². The molecule has 0 aliphatic rings. The number of aromatic amines is 1. The summed E-state index contributed by atoms with van der Waals surface area (Å²) in [5, 5.41) is 3.20. The molecular weight excluding hydrogens is 346 g/mol. The molecule has 0 aliphatic carbocycles. The van der Waals surface area contributed by atoms with Gasteiger partial charge in [-0.25, -0.2) is 4.68 Å². The molecule has 1 aromatic heterocycles. The Morgan fingerprint density at radius 2 is 1.43 bits per heavy atom. The molecule has 0 aliphatic heterocycles. The summed E-state index contributed by atoms with van der Waals surface area (Å²) >= 11 is 0. The zero-order valence-corrected chi connectivity index (χ0v) is 15.7. The van der Waals surface area contributed by atoms with Crippen molar-refractivity contribution in [2.45, 2.75) is 13.5 Å². The van der Waals surface area contributed by atoms with E-state index in [9.17, 15) is 4.79 Å². The summed E-state index contributed by atoms with van der Waals surface area (Å²) < 4.78 is 1.58. The lowest BCUT2D eigenvalue weighted by Gasteiger charge is -2.06. The third kappa shape index (κ3) is 3.58. The van der Waals surface area contributed by atoms with E-state index in [0.29, 0.717) is 17.8 Å². The van der Waals surface area contributed by atoms with Crippen LogP contribution in [0.5, 0.6) is 0 Å². The van der Waals surface area contributed by atoms with Gasteiger partial charge in [0.05, 0.1) is 23.5 Å². The van der Waals surface area contributed by atoms with E-state index in [2.05, 4.69) is 5.10 Å². The molecule has 0 saturated heterocycles. The first kappa shape index (κ1) is 17.7. The van der Waals surface area contributed by atoms with E-state index in [0.717, 1.165) is 22.5 Å². The minimum absolute atomic E-state index is 0.0978. The topological polar surface area (TPSA) is 50.1 Å². The van der Waals surface area contributed by atoms with Crippen molar-refractivity contribution < 1.29 is 0 Å². The second-order valence-corrected chi connectivity index (χ2v) is 6.60. The number of aryl methyl sites for hydroxylation is 1. The van der Waals surface area contributed by atoms with E-state index in [1.165, 1.54) is 0 Å². The van der Waals surface area contributed by atoms with Crippen LogP contribution in [0.25, 0.3) is 5.69 Å². The van der Waals surface area contributed by atoms with Gasteiger partial charge in [-0.15, -0.1) is 0 Å². The molecule has 138 valence electrons. The van der Waals surface area contributed by atoms with Gasteiger partial charge in [-0.1, -0.05) is 78.9 Å². The molecule has 0 amide bonds. The molecule has 0 spiro atoms. The van der Waals surface area contributed by atoms with Crippen molar-refractivity contribution in [2.75, 3.05) is 0 Å². The van der Waals surface area contributed by atoms with Gasteiger partial charge in [-0.3, -0.25) is 14.9 Å². The second kappa shape index (κ2) is 7.92. The molecule has 1 heterocycles. The van der Waals surface area contributed by atoms with Crippen LogP contribution >= 0.6 is 0 Å². The fourth-order valence-corrected chi connectivity index (χ4v) is 3.25. The quantitative estimate of drug-likeness (QED) is 0.518. The van der Waals surface area contributed by atoms with Crippen LogP contribution in [-0.4, -0.2) is 15.5 Å². The third-order valence-electron chi connectivity index (χ3n) is 4.63. The van der Waals surface area contributed by atoms with Crippen LogP contribution in [0.1, 0.15) is 22.4 Å². The fraction of sp³-hybridized carbons (Fsp3) is 0.0833. The van der Waals surface area contributed by atoms with Gasteiger partial charge >= 0.3 is 0 Å². The molecule has 4 nitrogen and oxygen atoms in total. The van der Waals surface area contributed by atoms with E-state index in [1.54, 1.807) is 4.68 Å². The van der Waals surface area contributed by atoms with E-state index in [1.807, 2.05) is 97.9 Å². The first-order chi connectivity index (χ1) is 13.7. The molecule has 0 radical (unpaired) electrons. The van der Waals surface area contributed by atoms with E-state index < -0.39 is 0 Å². The average Bonchev–Trinajstić information content (AvgIpc) is 3.05. The Morgan fingerprint density at radius 3 is 2.07 bits per heavy atom. The summed E-state index contributed by atoms with van der Waals surface area (Å²) in [5.41, 5.74) is 4.84. The minimum Gasteiger partial charge on any atom is -0.295 e. The zero-order valence-electron chi connectivity index (χ0n) is 15.7. The van der Waals surface area contributed by atoms with Gasteiger partial charge in [-0.05, 0) is 24.6 Å². The van der Waals surface area contributed by atoms with Gasteiger partial charge in [-0.2, -0.15) is 0 Å². The Balaban J connectivity index is 1.84. The molecule has 0 unspecified atom stereocenters. The lowest BCUT2D eigenvalue weighted by Crippen LogP contribution is -2.21. The number of H-pyrrole nitrogens is 1. The van der Waals surface area contributed by atoms with Crippen molar-refractivity contribution in [3.8, 4) is 5.69 Å². The molecule has 0 atom stereocenters. The number of rotatable bonds is 5. The predicted octanol–water partition coefficient (Wildman–Crippen LogP) is 4.51. The van der Waals surface area contributed by atoms with Crippen LogP contribution < -0.4 is 5.56 Å². The zero-order chi connectivity index (χ0) is 19.3. The van der Waals surface area contributed by atoms with Crippen molar-refractivity contribution in [3.63, 3.8) is 0 Å². The molecule has 4 aromatic rings. The average molecular weight is 367 g/mol. The molecule has 4 rings (SSSR count). The predicted molar refractivity (Wildman–Crippen MR) is 113 cm³/mol. The molecule has 0 saturated carbocycles. The Kier molecular flexibility index (Phi) is 5.02. The number of aromatic nitrogens is 2. The Hall–Kier alpha value is -3.66. The maximum atomic E-state index is 13.3. The molecule has 4 heteroatoms. The number of aliphatic imine (C=N–C) groups is 1. The molecule has 28 heavy (non-hydrogen) atoms. The summed E-state index contributed by atoms with van der Waals surface area (Å²) in [4.78, 5) is 18.1. The largest absolute Gasteiger partial charge is 0.295 e. The molecule has 3 aromatic carbocycles. The van der Waals surface area contributed by atoms with Gasteiger partial charge in [0.25, 0.3) is 5.56 Å². The number of nitrogens with zero attached hydrogens (tertiary/aromatic N) is 2. The maximum Gasteiger partial charge on any atom is 0.280 e. The van der Waals surface area contributed by atoms with E-state index in [-0.39, 0.29) is 5.56 Å². The first-order valence-electron chi connectivity index (χ1n) is 9.25. The van der Waals surface area contributed by atoms with Gasteiger partial charge in [0.1, 0.15) is 0 Å². The summed E-state index contributed by atoms with van der Waals surface area (Å²) in [5.74, 6) is 0. The summed E-state index contributed by atoms with van der Waals surface area (Å²) in [6.45, 7) is 2.43. The van der Waals surface area contributed by atoms with Gasteiger partial charge in [0, 0.05) is 11.3 Å². The third-order valence-corrected chi connectivity index (χ3v) is 4.63. The minimum atomic E-state index is -0.0978. The second-order valence-electron chi connectivity index (χ2n) is 6.60. The Labute approximate surface area is 163 Å². The SMILES string of the molecule is Cc1[nH]n(-c2ccccc2)c(=O)c1C(=NCc1ccccc1)c1ccccc1. The summed E-state index contributed by atoms with van der Waals surface area (Å²) in [7, 11) is 0. The Bertz CT molecular complexity index is 1140. The number of nitrogens with one attached hydrogen (secondary N) is 1. The highest BCUT2D eigenvalue weighted by atomic mass is 16.1. The number of benzene rings is 3. The van der Waals surface area contributed by atoms with Crippen molar-refractivity contribution in [2.24, 2.45) is 4.99 Å². The van der Waals surface area contributed by atoms with Crippen LogP contribution in [0.15, 0.2) is 101 Å². The van der Waals surface area contributed by atoms with Crippen molar-refractivity contribution in [1.82, 2.24) is 9.78 Å². The van der Waals surface area contributed by atoms with E-state index in [4.69, 9.17) is 4.99 Å². The maximum absolute atomic E-state index is 13.3. The van der Waals surface area contributed by atoms with Crippen molar-refractivity contribution in [3.05, 3.63) is 124 Å². The van der Waals surface area contributed by atoms with Crippen LogP contribution in [0, 0.1) is 6.92 Å². The van der Waals surface area contributed by atoms with Gasteiger partial charge in [0.2, 0.25) is 0 Å². The highest BCUT2D eigenvalue weighted by molar-refractivity contribution is 6.13. The van der Waals surface area contributed by atoms with Crippen LogP contribution in [-0.2, 0) is 6.54 Å². The molecule has 0 fully saturated rings. The van der Waals surface area contributed by atoms with Crippen molar-refractivity contribution >= 4 is 5.71 Å². The normalized spacial score (nSPS) is 11.5. The fourth-order valence-electron chi connectivity index (χ4n) is 3.25. The van der Waals surface area contributed by atoms with Crippen LogP contribution in [0.4, 0.5) is 0 Å². The van der Waals surface area contributed by atoms with Crippen LogP contribution in [0.3, 0.4) is 0 Å². The summed E-state index contributed by atoms with van der Waals surface area (Å²) in [6, 6.07) is 29.5. The van der Waals surface area contributed by atoms with Gasteiger partial charge in [0.15, 0.2) is 0 Å². The Morgan fingerprint density at radius 1 is 0.857 bits per heavy atom. The lowest BCUT2D eigenvalue weighted by atomic mass is 10.0. The highest BCUT2D eigenvalue weighted by Gasteiger charge is 2.19. The summed E-state index contributed by atoms with van der Waals surface area (Å²) in [6.07, 6.45) is 0. The highest BCUT2D eigenvalue weighted by Crippen LogP contribution is 2.14. The van der Waals surface area contributed by atoms with Crippen LogP contribution in [0.2, 0.25) is 0 Å². The standard InChI is InChI=1S/C24H21N3O/c1-18-22(24(28)27(26-18)21-15-9-4-10-16-21)23(20-13-7-3-8-14-20)25-17-19-11-5-2-6-12-19/h2-16,26H,17H2,1H3. The number of para-hydroxylation sites is 1. The smallest absolute Gasteiger partial charge is 0.280 e. The monoisotopic (exact) mass is 367 g/mol. The molecule has 0 bridgehead atoms. The van der Waals surface area contributed by atoms with Crippen molar-refractivity contribution in [1.29, 1.82) is 0 Å². The number of hydrogen-bond acceptors (Lipinski definition) is 2. The first-order valence-corrected chi connectivity index (χ1v) is 9.25. The molecular formula is C24H21N3O. The van der Waals surface area contributed by atoms with Gasteiger partial charge < -0.3 is 0 Å². The molecule has 1 N–H and O–H groups in total. The number of hydrogen-bond donors (Lipinski definition) is 1.